The predicted octanol–water partition coefficient (Wildman–Crippen LogP) is 6.24. The number of fused-ring (bicyclic) bond motifs is 1. The Balaban J connectivity index is 1.53. The second kappa shape index (κ2) is 11.6. The molecule has 222 valence electrons. The Hall–Kier alpha value is -4.54. The molecule has 0 radical (unpaired) electrons. The molecule has 0 amide bonds. The monoisotopic (exact) mass is 580 g/mol. The first-order valence-corrected chi connectivity index (χ1v) is 14.4. The van der Waals surface area contributed by atoms with Crippen molar-refractivity contribution < 1.29 is 5.76 Å². The van der Waals surface area contributed by atoms with Crippen LogP contribution in [-0.2, 0) is 6.54 Å². The second-order valence-electron chi connectivity index (χ2n) is 13.2. The number of anilines is 2. The molecule has 4 aromatic rings. The Morgan fingerprint density at radius 3 is 2.44 bits per heavy atom. The van der Waals surface area contributed by atoms with Crippen molar-refractivity contribution in [3.05, 3.63) is 77.0 Å². The van der Waals surface area contributed by atoms with Crippen molar-refractivity contribution in [2.45, 2.75) is 72.1 Å². The number of aromatic nitrogens is 4. The summed E-state index contributed by atoms with van der Waals surface area (Å²) >= 11 is 0. The van der Waals surface area contributed by atoms with Crippen LogP contribution in [0.1, 0.15) is 77.7 Å². The van der Waals surface area contributed by atoms with Crippen LogP contribution in [0.5, 0.6) is 0 Å². The van der Waals surface area contributed by atoms with Crippen molar-refractivity contribution in [3.8, 4) is 12.1 Å². The van der Waals surface area contributed by atoms with Crippen LogP contribution >= 0.6 is 0 Å². The molecule has 1 aliphatic heterocycles. The van der Waals surface area contributed by atoms with Gasteiger partial charge in [0.1, 0.15) is 23.6 Å². The maximum atomic E-state index is 14.0. The van der Waals surface area contributed by atoms with E-state index in [4.69, 9.17) is 0 Å². The minimum Gasteiger partial charge on any atom is -0.383 e. The van der Waals surface area contributed by atoms with Gasteiger partial charge in [0, 0.05) is 48.5 Å². The molecular weight excluding hydrogens is 541 g/mol. The molecule has 0 aliphatic carbocycles. The number of hydrogen-bond acceptors (Lipinski definition) is 8. The average Bonchev–Trinajstić information content (AvgIpc) is 3.61. The van der Waals surface area contributed by atoms with E-state index in [9.17, 15) is 16.3 Å². The van der Waals surface area contributed by atoms with Crippen LogP contribution < -0.4 is 10.6 Å². The normalized spacial score (nSPS) is 18.3. The summed E-state index contributed by atoms with van der Waals surface area (Å²) in [6.07, 6.45) is 4.12. The van der Waals surface area contributed by atoms with Crippen LogP contribution in [-0.4, -0.2) is 49.5 Å². The number of benzene rings is 2. The van der Waals surface area contributed by atoms with Gasteiger partial charge in [0.25, 0.3) is 0 Å². The first-order chi connectivity index (χ1) is 20.7. The molecule has 10 heteroatoms. The van der Waals surface area contributed by atoms with Gasteiger partial charge < -0.3 is 10.6 Å². The maximum absolute atomic E-state index is 14.0. The van der Waals surface area contributed by atoms with E-state index < -0.39 is 11.8 Å². The topological polar surface area (TPSA) is 118 Å². The van der Waals surface area contributed by atoms with Gasteiger partial charge in [-0.05, 0) is 62.4 Å². The van der Waals surface area contributed by atoms with E-state index in [-0.39, 0.29) is 16.5 Å². The van der Waals surface area contributed by atoms with Gasteiger partial charge in [0.15, 0.2) is 0 Å². The Kier molecular flexibility index (Phi) is 7.72. The molecule has 2 N–H and O–H groups in total. The molecule has 3 atom stereocenters. The van der Waals surface area contributed by atoms with Crippen LogP contribution in [0, 0.1) is 33.9 Å². The summed E-state index contributed by atoms with van der Waals surface area (Å²) in [5, 5.41) is 35.8. The molecule has 43 heavy (non-hydrogen) atoms. The van der Waals surface area contributed by atoms with Gasteiger partial charge in [0.05, 0.1) is 35.9 Å². The average molecular weight is 581 g/mol. The summed E-state index contributed by atoms with van der Waals surface area (Å²) in [5.41, 5.74) is 2.90. The third kappa shape index (κ3) is 6.93. The van der Waals surface area contributed by atoms with Crippen LogP contribution in [0.15, 0.2) is 48.8 Å². The second-order valence-corrected chi connectivity index (χ2v) is 13.2. The van der Waals surface area contributed by atoms with E-state index in [1.54, 1.807) is 23.0 Å². The largest absolute Gasteiger partial charge is 0.383 e. The Bertz CT molecular complexity index is 1760. The first-order valence-electron chi connectivity index (χ1n) is 14.9. The van der Waals surface area contributed by atoms with Crippen LogP contribution in [0.2, 0.25) is 0 Å². The highest BCUT2D eigenvalue weighted by molar-refractivity contribution is 5.99. The van der Waals surface area contributed by atoms with E-state index in [2.05, 4.69) is 84.5 Å². The summed E-state index contributed by atoms with van der Waals surface area (Å²) in [4.78, 5) is 6.86. The predicted molar refractivity (Wildman–Crippen MR) is 166 cm³/mol. The van der Waals surface area contributed by atoms with E-state index in [0.717, 1.165) is 13.0 Å². The van der Waals surface area contributed by atoms with Crippen LogP contribution in [0.4, 0.5) is 15.8 Å². The third-order valence-electron chi connectivity index (χ3n) is 7.47. The smallest absolute Gasteiger partial charge is 0.123 e. The summed E-state index contributed by atoms with van der Waals surface area (Å²) in [7, 11) is 0. The SMILES string of the molecule is [2H]C(Nc1cc(C#N)c2ncc(C#N)c(NCC(C)(C)C)c2c1)(c1ccc(F)cc1)c1cn(CCC2CN2C(C)(C)C)nn1. The molecule has 0 spiro atoms. The standard InChI is InChI=1S/C33H38FN9/c1-32(2,3)20-38-30-23(16-36)17-37-29-22(15-35)13-25(14-27(29)30)39-31(21-7-9-24(34)10-8-21)28-19-42(41-40-28)12-11-26-18-43(26)33(4,5)6/h7-10,13-14,17,19,26,31,39H,11-12,18,20H2,1-6H3,(H,37,38)/i31D. The molecule has 3 unspecified atom stereocenters. The number of pyridine rings is 1. The van der Waals surface area contributed by atoms with E-state index >= 15 is 0 Å². The third-order valence-corrected chi connectivity index (χ3v) is 7.47. The molecular formula is C33H38FN9. The quantitative estimate of drug-likeness (QED) is 0.223. The molecule has 5 rings (SSSR count). The van der Waals surface area contributed by atoms with Gasteiger partial charge in [-0.3, -0.25) is 14.6 Å². The number of nitriles is 2. The lowest BCUT2D eigenvalue weighted by Crippen LogP contribution is -2.27. The van der Waals surface area contributed by atoms with Gasteiger partial charge in [-0.25, -0.2) is 4.39 Å². The number of nitrogens with one attached hydrogen (secondary N) is 2. The fourth-order valence-electron chi connectivity index (χ4n) is 5.19. The zero-order chi connectivity index (χ0) is 31.9. The van der Waals surface area contributed by atoms with Gasteiger partial charge in [-0.1, -0.05) is 38.1 Å². The summed E-state index contributed by atoms with van der Waals surface area (Å²) in [5.74, 6) is -0.422. The van der Waals surface area contributed by atoms with E-state index in [1.165, 1.54) is 30.5 Å². The molecule has 0 bridgehead atoms. The minimum absolute atomic E-state index is 0.0779. The summed E-state index contributed by atoms with van der Waals surface area (Å²) in [6, 6.07) is 12.3. The van der Waals surface area contributed by atoms with Gasteiger partial charge in [-0.15, -0.1) is 5.10 Å². The van der Waals surface area contributed by atoms with E-state index in [1.807, 2.05) is 0 Å². The van der Waals surface area contributed by atoms with Gasteiger partial charge in [-0.2, -0.15) is 10.5 Å². The van der Waals surface area contributed by atoms with Crippen molar-refractivity contribution in [1.29, 1.82) is 10.5 Å². The van der Waals surface area contributed by atoms with Crippen LogP contribution in [0.25, 0.3) is 10.9 Å². The highest BCUT2D eigenvalue weighted by Gasteiger charge is 2.41. The van der Waals surface area contributed by atoms with Crippen molar-refractivity contribution in [2.24, 2.45) is 5.41 Å². The molecule has 2 aromatic heterocycles. The Labute approximate surface area is 253 Å². The highest BCUT2D eigenvalue weighted by Crippen LogP contribution is 2.35. The molecule has 1 saturated heterocycles. The minimum atomic E-state index is -1.68. The van der Waals surface area contributed by atoms with Crippen molar-refractivity contribution in [1.82, 2.24) is 24.9 Å². The zero-order valence-corrected chi connectivity index (χ0v) is 25.5. The highest BCUT2D eigenvalue weighted by atomic mass is 19.1. The summed E-state index contributed by atoms with van der Waals surface area (Å²) in [6.45, 7) is 15.1. The van der Waals surface area contributed by atoms with Gasteiger partial charge >= 0.3 is 0 Å². The Morgan fingerprint density at radius 2 is 1.81 bits per heavy atom. The van der Waals surface area contributed by atoms with Crippen molar-refractivity contribution in [2.75, 3.05) is 23.7 Å². The number of aryl methyl sites for hydroxylation is 1. The van der Waals surface area contributed by atoms with Crippen molar-refractivity contribution in [3.63, 3.8) is 0 Å². The molecule has 0 saturated carbocycles. The van der Waals surface area contributed by atoms with Crippen molar-refractivity contribution >= 4 is 22.3 Å². The lowest BCUT2D eigenvalue weighted by Gasteiger charge is -2.22. The summed E-state index contributed by atoms with van der Waals surface area (Å²) < 4.78 is 25.4. The lowest BCUT2D eigenvalue weighted by atomic mass is 9.96. The molecule has 1 fully saturated rings. The molecule has 3 heterocycles. The number of rotatable bonds is 9. The number of nitrogens with zero attached hydrogens (tertiary/aromatic N) is 7. The van der Waals surface area contributed by atoms with Crippen LogP contribution in [0.3, 0.4) is 0 Å². The fraction of sp³-hybridized carbons (Fsp3) is 0.424. The van der Waals surface area contributed by atoms with Gasteiger partial charge in [0.2, 0.25) is 0 Å². The zero-order valence-electron chi connectivity index (χ0n) is 26.5. The number of halogens is 1. The molecule has 1 aliphatic rings. The fourth-order valence-corrected chi connectivity index (χ4v) is 5.19. The van der Waals surface area contributed by atoms with E-state index in [0.29, 0.717) is 58.2 Å². The molecule has 2 aromatic carbocycles. The molecule has 9 nitrogen and oxygen atoms in total. The first kappa shape index (κ1) is 28.6. The lowest BCUT2D eigenvalue weighted by molar-refractivity contribution is 0.278. The maximum Gasteiger partial charge on any atom is 0.123 e. The Morgan fingerprint density at radius 1 is 1.09 bits per heavy atom. The number of hydrogen-bond donors (Lipinski definition) is 2.